The van der Waals surface area contributed by atoms with Gasteiger partial charge in [-0.25, -0.2) is 0 Å². The molecule has 6 nitrogen and oxygen atoms in total. The van der Waals surface area contributed by atoms with Crippen molar-refractivity contribution in [3.8, 4) is 17.2 Å². The molecule has 1 fully saturated rings. The third-order valence-electron chi connectivity index (χ3n) is 5.82. The Morgan fingerprint density at radius 1 is 1.10 bits per heavy atom. The van der Waals surface area contributed by atoms with Crippen molar-refractivity contribution >= 4 is 11.6 Å². The molecule has 0 aromatic heterocycles. The molecule has 2 aromatic rings. The smallest absolute Gasteiger partial charge is 0.231 e. The molecule has 0 bridgehead atoms. The van der Waals surface area contributed by atoms with Gasteiger partial charge >= 0.3 is 0 Å². The summed E-state index contributed by atoms with van der Waals surface area (Å²) in [7, 11) is 0. The topological polar surface area (TPSA) is 60.0 Å². The second-order valence-electron chi connectivity index (χ2n) is 8.14. The van der Waals surface area contributed by atoms with Gasteiger partial charge in [0.15, 0.2) is 11.5 Å². The molecule has 0 spiro atoms. The number of piperidine rings is 1. The van der Waals surface area contributed by atoms with Crippen molar-refractivity contribution in [1.29, 1.82) is 0 Å². The van der Waals surface area contributed by atoms with Crippen molar-refractivity contribution in [3.05, 3.63) is 47.5 Å². The van der Waals surface area contributed by atoms with E-state index in [1.165, 1.54) is 11.1 Å². The van der Waals surface area contributed by atoms with E-state index in [-0.39, 0.29) is 18.6 Å². The molecule has 1 amide bonds. The highest BCUT2D eigenvalue weighted by Gasteiger charge is 2.25. The van der Waals surface area contributed by atoms with Gasteiger partial charge in [-0.15, -0.1) is 0 Å². The number of likely N-dealkylation sites (tertiary alicyclic amines) is 1. The summed E-state index contributed by atoms with van der Waals surface area (Å²) in [6.45, 7) is 8.01. The minimum absolute atomic E-state index is 0.0536. The number of nitrogens with zero attached hydrogens (tertiary/aromatic N) is 1. The molecule has 2 aromatic carbocycles. The van der Waals surface area contributed by atoms with E-state index in [2.05, 4.69) is 42.3 Å². The first kappa shape index (κ1) is 20.5. The predicted molar refractivity (Wildman–Crippen MR) is 116 cm³/mol. The molecule has 1 N–H and O–H groups in total. The standard InChI is InChI=1S/C24H30N2O4/c1-17-4-5-18(2)22(14-17)28-13-3-10-26-11-8-19(9-12-26)24(27)25-20-6-7-21-23(15-20)30-16-29-21/h4-7,14-15,19H,3,8-13,16H2,1-2H3,(H,25,27). The normalized spacial score (nSPS) is 16.5. The number of hydrogen-bond donors (Lipinski definition) is 1. The van der Waals surface area contributed by atoms with Gasteiger partial charge in [0.05, 0.1) is 6.61 Å². The summed E-state index contributed by atoms with van der Waals surface area (Å²) in [6, 6.07) is 11.8. The van der Waals surface area contributed by atoms with Crippen LogP contribution in [0.3, 0.4) is 0 Å². The Morgan fingerprint density at radius 2 is 1.90 bits per heavy atom. The van der Waals surface area contributed by atoms with Gasteiger partial charge in [-0.3, -0.25) is 4.79 Å². The van der Waals surface area contributed by atoms with Crippen LogP contribution < -0.4 is 19.5 Å². The monoisotopic (exact) mass is 410 g/mol. The molecular weight excluding hydrogens is 380 g/mol. The first-order valence-electron chi connectivity index (χ1n) is 10.7. The highest BCUT2D eigenvalue weighted by Crippen LogP contribution is 2.34. The van der Waals surface area contributed by atoms with Crippen molar-refractivity contribution in [1.82, 2.24) is 4.90 Å². The fraction of sp³-hybridized carbons (Fsp3) is 0.458. The summed E-state index contributed by atoms with van der Waals surface area (Å²) in [5, 5.41) is 3.02. The Hall–Kier alpha value is -2.73. The van der Waals surface area contributed by atoms with E-state index in [4.69, 9.17) is 14.2 Å². The lowest BCUT2D eigenvalue weighted by Crippen LogP contribution is -2.38. The lowest BCUT2D eigenvalue weighted by Gasteiger charge is -2.31. The van der Waals surface area contributed by atoms with Gasteiger partial charge in [0.25, 0.3) is 0 Å². The summed E-state index contributed by atoms with van der Waals surface area (Å²) in [5.41, 5.74) is 3.15. The summed E-state index contributed by atoms with van der Waals surface area (Å²) >= 11 is 0. The number of fused-ring (bicyclic) bond motifs is 1. The fourth-order valence-electron chi connectivity index (χ4n) is 3.97. The number of aryl methyl sites for hydroxylation is 2. The van der Waals surface area contributed by atoms with E-state index < -0.39 is 0 Å². The largest absolute Gasteiger partial charge is 0.493 e. The van der Waals surface area contributed by atoms with Gasteiger partial charge in [-0.1, -0.05) is 12.1 Å². The van der Waals surface area contributed by atoms with Gasteiger partial charge < -0.3 is 24.4 Å². The number of carbonyl (C=O) groups excluding carboxylic acids is 1. The van der Waals surface area contributed by atoms with Crippen LogP contribution in [0.5, 0.6) is 17.2 Å². The Balaban J connectivity index is 1.16. The quantitative estimate of drug-likeness (QED) is 0.695. The van der Waals surface area contributed by atoms with E-state index in [0.29, 0.717) is 5.75 Å². The van der Waals surface area contributed by atoms with Crippen LogP contribution in [0.1, 0.15) is 30.4 Å². The number of amides is 1. The Morgan fingerprint density at radius 3 is 2.73 bits per heavy atom. The van der Waals surface area contributed by atoms with Gasteiger partial charge in [-0.2, -0.15) is 0 Å². The second-order valence-corrected chi connectivity index (χ2v) is 8.14. The van der Waals surface area contributed by atoms with E-state index >= 15 is 0 Å². The number of hydrogen-bond acceptors (Lipinski definition) is 5. The van der Waals surface area contributed by atoms with Crippen LogP contribution in [0.25, 0.3) is 0 Å². The van der Waals surface area contributed by atoms with Crippen LogP contribution in [0, 0.1) is 19.8 Å². The molecule has 2 aliphatic rings. The average molecular weight is 411 g/mol. The lowest BCUT2D eigenvalue weighted by atomic mass is 9.95. The van der Waals surface area contributed by atoms with E-state index in [9.17, 15) is 4.79 Å². The van der Waals surface area contributed by atoms with Crippen LogP contribution in [0.2, 0.25) is 0 Å². The first-order valence-corrected chi connectivity index (χ1v) is 10.7. The zero-order valence-electron chi connectivity index (χ0n) is 17.8. The molecule has 1 saturated heterocycles. The highest BCUT2D eigenvalue weighted by molar-refractivity contribution is 5.93. The van der Waals surface area contributed by atoms with Crippen LogP contribution in [-0.2, 0) is 4.79 Å². The van der Waals surface area contributed by atoms with Gasteiger partial charge in [0.2, 0.25) is 12.7 Å². The molecule has 160 valence electrons. The molecule has 0 radical (unpaired) electrons. The Bertz CT molecular complexity index is 891. The highest BCUT2D eigenvalue weighted by atomic mass is 16.7. The second kappa shape index (κ2) is 9.39. The number of benzene rings is 2. The first-order chi connectivity index (χ1) is 14.6. The van der Waals surface area contributed by atoms with Crippen LogP contribution >= 0.6 is 0 Å². The number of anilines is 1. The molecule has 30 heavy (non-hydrogen) atoms. The summed E-state index contributed by atoms with van der Waals surface area (Å²) < 4.78 is 16.6. The maximum absolute atomic E-state index is 12.6. The molecule has 2 aliphatic heterocycles. The molecule has 6 heteroatoms. The van der Waals surface area contributed by atoms with Gasteiger partial charge in [0, 0.05) is 24.2 Å². The van der Waals surface area contributed by atoms with Crippen molar-refractivity contribution in [2.24, 2.45) is 5.92 Å². The molecule has 0 unspecified atom stereocenters. The molecule has 0 saturated carbocycles. The third kappa shape index (κ3) is 5.05. The predicted octanol–water partition coefficient (Wildman–Crippen LogP) is 4.15. The van der Waals surface area contributed by atoms with Crippen LogP contribution in [0.4, 0.5) is 5.69 Å². The summed E-state index contributed by atoms with van der Waals surface area (Å²) in [6.07, 6.45) is 2.75. The van der Waals surface area contributed by atoms with E-state index in [1.54, 1.807) is 0 Å². The molecule has 4 rings (SSSR count). The Kier molecular flexibility index (Phi) is 6.43. The molecule has 0 aliphatic carbocycles. The lowest BCUT2D eigenvalue weighted by molar-refractivity contribution is -0.121. The molecular formula is C24H30N2O4. The minimum Gasteiger partial charge on any atom is -0.493 e. The zero-order valence-corrected chi connectivity index (χ0v) is 17.8. The van der Waals surface area contributed by atoms with E-state index in [1.807, 2.05) is 18.2 Å². The summed E-state index contributed by atoms with van der Waals surface area (Å²) in [5.74, 6) is 2.53. The molecule has 0 atom stereocenters. The van der Waals surface area contributed by atoms with E-state index in [0.717, 1.165) is 62.7 Å². The Labute approximate surface area is 178 Å². The molecule has 2 heterocycles. The third-order valence-corrected chi connectivity index (χ3v) is 5.82. The number of ether oxygens (including phenoxy) is 3. The fourth-order valence-corrected chi connectivity index (χ4v) is 3.97. The van der Waals surface area contributed by atoms with Gasteiger partial charge in [-0.05, 0) is 75.5 Å². The number of nitrogens with one attached hydrogen (secondary N) is 1. The maximum Gasteiger partial charge on any atom is 0.231 e. The minimum atomic E-state index is 0.0536. The summed E-state index contributed by atoms with van der Waals surface area (Å²) in [4.78, 5) is 15.1. The zero-order chi connectivity index (χ0) is 20.9. The maximum atomic E-state index is 12.6. The van der Waals surface area contributed by atoms with Crippen molar-refractivity contribution < 1.29 is 19.0 Å². The van der Waals surface area contributed by atoms with Crippen LogP contribution in [-0.4, -0.2) is 43.8 Å². The van der Waals surface area contributed by atoms with Crippen molar-refractivity contribution in [2.45, 2.75) is 33.1 Å². The number of rotatable bonds is 7. The SMILES string of the molecule is Cc1ccc(C)c(OCCCN2CCC(C(=O)Nc3ccc4c(c3)OCO4)CC2)c1. The van der Waals surface area contributed by atoms with Gasteiger partial charge in [0.1, 0.15) is 5.75 Å². The van der Waals surface area contributed by atoms with Crippen LogP contribution in [0.15, 0.2) is 36.4 Å². The van der Waals surface area contributed by atoms with Crippen molar-refractivity contribution in [3.63, 3.8) is 0 Å². The number of carbonyl (C=O) groups is 1. The average Bonchev–Trinajstić information content (AvgIpc) is 3.22. The van der Waals surface area contributed by atoms with Crippen molar-refractivity contribution in [2.75, 3.05) is 38.4 Å².